The van der Waals surface area contributed by atoms with Gasteiger partial charge in [-0.05, 0) is 83.5 Å². The van der Waals surface area contributed by atoms with Crippen molar-refractivity contribution in [3.63, 3.8) is 0 Å². The molecule has 0 N–H and O–H groups in total. The van der Waals surface area contributed by atoms with Gasteiger partial charge in [-0.25, -0.2) is 0 Å². The van der Waals surface area contributed by atoms with Gasteiger partial charge in [0.1, 0.15) is 13.2 Å². The maximum Gasteiger partial charge on any atom is 0.306 e. The molecule has 0 rings (SSSR count). The van der Waals surface area contributed by atoms with Gasteiger partial charge in [-0.3, -0.25) is 14.4 Å². The topological polar surface area (TPSA) is 78.9 Å². The molecule has 0 aliphatic heterocycles. The van der Waals surface area contributed by atoms with Crippen LogP contribution in [0.5, 0.6) is 0 Å². The maximum atomic E-state index is 12.8. The Balaban J connectivity index is 4.26. The summed E-state index contributed by atoms with van der Waals surface area (Å²) in [6.07, 6.45) is 69.6. The monoisotopic (exact) mass is 953 g/mol. The lowest BCUT2D eigenvalue weighted by atomic mass is 10.0. The Bertz CT molecular complexity index is 1190. The minimum atomic E-state index is -0.775. The Labute approximate surface area is 422 Å². The van der Waals surface area contributed by atoms with Gasteiger partial charge in [-0.1, -0.05) is 256 Å². The van der Waals surface area contributed by atoms with Crippen molar-refractivity contribution in [2.75, 3.05) is 13.2 Å². The van der Waals surface area contributed by atoms with Gasteiger partial charge in [0.15, 0.2) is 6.10 Å². The second-order valence-corrected chi connectivity index (χ2v) is 19.9. The predicted octanol–water partition coefficient (Wildman–Crippen LogP) is 19.8. The summed E-state index contributed by atoms with van der Waals surface area (Å²) < 4.78 is 16.9. The van der Waals surface area contributed by atoms with Crippen molar-refractivity contribution in [3.8, 4) is 0 Å². The number of carbonyl (C=O) groups is 3. The number of allylic oxidation sites excluding steroid dienone is 8. The van der Waals surface area contributed by atoms with Gasteiger partial charge in [-0.2, -0.15) is 0 Å². The van der Waals surface area contributed by atoms with Crippen LogP contribution in [0.3, 0.4) is 0 Å². The minimum Gasteiger partial charge on any atom is -0.462 e. The van der Waals surface area contributed by atoms with Gasteiger partial charge in [0.25, 0.3) is 0 Å². The molecular formula is C62H112O6. The van der Waals surface area contributed by atoms with Crippen LogP contribution < -0.4 is 0 Å². The number of unbranched alkanes of at least 4 members (excludes halogenated alkanes) is 35. The number of rotatable bonds is 54. The van der Waals surface area contributed by atoms with Crippen molar-refractivity contribution >= 4 is 17.9 Å². The molecule has 0 amide bonds. The Morgan fingerprint density at radius 3 is 0.838 bits per heavy atom. The summed E-state index contributed by atoms with van der Waals surface area (Å²) >= 11 is 0. The van der Waals surface area contributed by atoms with E-state index in [4.69, 9.17) is 14.2 Å². The molecule has 0 aliphatic rings. The highest BCUT2D eigenvalue weighted by atomic mass is 16.6. The molecule has 396 valence electrons. The van der Waals surface area contributed by atoms with E-state index < -0.39 is 6.10 Å². The van der Waals surface area contributed by atoms with Crippen LogP contribution in [0.4, 0.5) is 0 Å². The van der Waals surface area contributed by atoms with Crippen LogP contribution in [0.2, 0.25) is 0 Å². The molecular weight excluding hydrogens is 841 g/mol. The molecule has 0 aromatic rings. The van der Waals surface area contributed by atoms with Gasteiger partial charge in [0.05, 0.1) is 0 Å². The molecule has 6 nitrogen and oxygen atoms in total. The van der Waals surface area contributed by atoms with Crippen LogP contribution in [0.1, 0.15) is 310 Å². The molecule has 0 aliphatic carbocycles. The highest BCUT2D eigenvalue weighted by molar-refractivity contribution is 5.71. The van der Waals surface area contributed by atoms with Crippen molar-refractivity contribution in [3.05, 3.63) is 48.6 Å². The maximum absolute atomic E-state index is 12.8. The van der Waals surface area contributed by atoms with E-state index in [-0.39, 0.29) is 31.1 Å². The lowest BCUT2D eigenvalue weighted by Gasteiger charge is -2.18. The first-order chi connectivity index (χ1) is 33.5. The lowest BCUT2D eigenvalue weighted by molar-refractivity contribution is -0.167. The van der Waals surface area contributed by atoms with E-state index in [9.17, 15) is 14.4 Å². The van der Waals surface area contributed by atoms with Crippen molar-refractivity contribution in [1.82, 2.24) is 0 Å². The van der Waals surface area contributed by atoms with Crippen LogP contribution in [0.15, 0.2) is 48.6 Å². The summed E-state index contributed by atoms with van der Waals surface area (Å²) in [5.74, 6) is -0.872. The summed E-state index contributed by atoms with van der Waals surface area (Å²) in [7, 11) is 0. The Kier molecular flexibility index (Phi) is 54.8. The summed E-state index contributed by atoms with van der Waals surface area (Å²) in [5.41, 5.74) is 0. The lowest BCUT2D eigenvalue weighted by Crippen LogP contribution is -2.30. The van der Waals surface area contributed by atoms with E-state index in [0.29, 0.717) is 19.3 Å². The smallest absolute Gasteiger partial charge is 0.306 e. The summed E-state index contributed by atoms with van der Waals surface area (Å²) in [5, 5.41) is 0. The van der Waals surface area contributed by atoms with Gasteiger partial charge in [0.2, 0.25) is 0 Å². The van der Waals surface area contributed by atoms with Gasteiger partial charge >= 0.3 is 17.9 Å². The highest BCUT2D eigenvalue weighted by Gasteiger charge is 2.19. The SMILES string of the molecule is CCCCC/C=C\C/C=C\CCCCCCCCCC(=O)OC(COC(=O)CCCCCCCCCCCC)COC(=O)CCCCCCCCCCCCC/C=C\C/C=C\CCCCCCC. The molecule has 0 aromatic heterocycles. The largest absolute Gasteiger partial charge is 0.462 e. The van der Waals surface area contributed by atoms with E-state index >= 15 is 0 Å². The minimum absolute atomic E-state index is 0.0741. The number of hydrogen-bond donors (Lipinski definition) is 0. The second kappa shape index (κ2) is 57.0. The molecule has 1 atom stereocenters. The van der Waals surface area contributed by atoms with Crippen LogP contribution in [0.25, 0.3) is 0 Å². The normalized spacial score (nSPS) is 12.3. The average Bonchev–Trinajstić information content (AvgIpc) is 3.34. The second-order valence-electron chi connectivity index (χ2n) is 19.9. The first kappa shape index (κ1) is 65.4. The summed E-state index contributed by atoms with van der Waals surface area (Å²) in [6, 6.07) is 0. The van der Waals surface area contributed by atoms with Crippen molar-refractivity contribution in [1.29, 1.82) is 0 Å². The van der Waals surface area contributed by atoms with E-state index in [0.717, 1.165) is 77.0 Å². The molecule has 0 bridgehead atoms. The molecule has 0 spiro atoms. The quantitative estimate of drug-likeness (QED) is 0.0262. The van der Waals surface area contributed by atoms with Crippen LogP contribution in [0, 0.1) is 0 Å². The third kappa shape index (κ3) is 54.3. The van der Waals surface area contributed by atoms with Crippen molar-refractivity contribution in [2.24, 2.45) is 0 Å². The van der Waals surface area contributed by atoms with Crippen LogP contribution >= 0.6 is 0 Å². The summed E-state index contributed by atoms with van der Waals surface area (Å²) in [4.78, 5) is 38.1. The molecule has 0 heterocycles. The molecule has 0 saturated heterocycles. The molecule has 0 radical (unpaired) electrons. The average molecular weight is 954 g/mol. The van der Waals surface area contributed by atoms with Gasteiger partial charge in [0, 0.05) is 19.3 Å². The predicted molar refractivity (Wildman–Crippen MR) is 293 cm³/mol. The number of ether oxygens (including phenoxy) is 3. The van der Waals surface area contributed by atoms with E-state index in [1.54, 1.807) is 0 Å². The molecule has 0 aromatic carbocycles. The Hall–Kier alpha value is -2.63. The summed E-state index contributed by atoms with van der Waals surface area (Å²) in [6.45, 7) is 6.62. The zero-order valence-corrected chi connectivity index (χ0v) is 45.4. The zero-order chi connectivity index (χ0) is 49.3. The standard InChI is InChI=1S/C62H112O6/c1-4-7-10-13-16-19-22-24-26-28-29-30-31-32-33-35-36-38-40-43-46-49-52-55-61(64)67-58-59(57-66-60(63)54-51-48-45-42-21-18-15-12-9-6-3)68-62(65)56-53-50-47-44-41-39-37-34-27-25-23-20-17-14-11-8-5-2/h17,20,22,24-25,27-29,59H,4-16,18-19,21,23,26,30-58H2,1-3H3/b20-17-,24-22-,27-25-,29-28-. The molecule has 6 heteroatoms. The fourth-order valence-corrected chi connectivity index (χ4v) is 8.56. The zero-order valence-electron chi connectivity index (χ0n) is 45.4. The first-order valence-electron chi connectivity index (χ1n) is 29.6. The van der Waals surface area contributed by atoms with Crippen molar-refractivity contribution in [2.45, 2.75) is 316 Å². The number of hydrogen-bond acceptors (Lipinski definition) is 6. The molecule has 68 heavy (non-hydrogen) atoms. The van der Waals surface area contributed by atoms with E-state index in [1.807, 2.05) is 0 Å². The van der Waals surface area contributed by atoms with Gasteiger partial charge < -0.3 is 14.2 Å². The Morgan fingerprint density at radius 2 is 0.529 bits per heavy atom. The number of esters is 3. The van der Waals surface area contributed by atoms with E-state index in [1.165, 1.54) is 193 Å². The highest BCUT2D eigenvalue weighted by Crippen LogP contribution is 2.16. The fourth-order valence-electron chi connectivity index (χ4n) is 8.56. The molecule has 0 saturated carbocycles. The van der Waals surface area contributed by atoms with E-state index in [2.05, 4.69) is 69.4 Å². The van der Waals surface area contributed by atoms with Crippen LogP contribution in [-0.2, 0) is 28.6 Å². The first-order valence-corrected chi connectivity index (χ1v) is 29.6. The third-order valence-electron chi connectivity index (χ3n) is 13.1. The van der Waals surface area contributed by atoms with Crippen LogP contribution in [-0.4, -0.2) is 37.2 Å². The fraction of sp³-hybridized carbons (Fsp3) is 0.823. The van der Waals surface area contributed by atoms with Crippen molar-refractivity contribution < 1.29 is 28.6 Å². The molecule has 1 unspecified atom stereocenters. The Morgan fingerprint density at radius 1 is 0.294 bits per heavy atom. The number of carbonyl (C=O) groups excluding carboxylic acids is 3. The van der Waals surface area contributed by atoms with Gasteiger partial charge in [-0.15, -0.1) is 0 Å². The molecule has 0 fully saturated rings. The third-order valence-corrected chi connectivity index (χ3v) is 13.1.